The molecule has 0 aliphatic heterocycles. The third kappa shape index (κ3) is 3.83. The molecule has 0 aliphatic rings. The van der Waals surface area contributed by atoms with Crippen LogP contribution in [0.3, 0.4) is 0 Å². The van der Waals surface area contributed by atoms with Gasteiger partial charge in [0.2, 0.25) is 0 Å². The van der Waals surface area contributed by atoms with Gasteiger partial charge in [-0.1, -0.05) is 5.21 Å². The van der Waals surface area contributed by atoms with E-state index in [1.54, 1.807) is 17.1 Å². The van der Waals surface area contributed by atoms with E-state index in [2.05, 4.69) is 24.8 Å². The number of nitrogens with zero attached hydrogens (tertiary/aromatic N) is 4. The van der Waals surface area contributed by atoms with Crippen molar-refractivity contribution in [3.8, 4) is 0 Å². The first-order chi connectivity index (χ1) is 10.0. The van der Waals surface area contributed by atoms with E-state index in [1.165, 1.54) is 12.6 Å². The van der Waals surface area contributed by atoms with Gasteiger partial charge in [0.1, 0.15) is 0 Å². The van der Waals surface area contributed by atoms with Gasteiger partial charge in [0.05, 0.1) is 18.8 Å². The minimum Gasteiger partial charge on any atom is -0.464 e. The summed E-state index contributed by atoms with van der Waals surface area (Å²) in [7, 11) is -2.61. The zero-order valence-electron chi connectivity index (χ0n) is 11.1. The first-order valence-electron chi connectivity index (χ1n) is 5.90. The number of aromatic nitrogens is 4. The number of sulfonamides is 1. The highest BCUT2D eigenvalue weighted by Gasteiger charge is 2.25. The van der Waals surface area contributed by atoms with Crippen LogP contribution in [0.25, 0.3) is 0 Å². The summed E-state index contributed by atoms with van der Waals surface area (Å²) in [5, 5.41) is 7.42. The molecule has 9 nitrogen and oxygen atoms in total. The van der Waals surface area contributed by atoms with Crippen LogP contribution in [0, 0.1) is 0 Å². The average Bonchev–Trinajstić information content (AvgIpc) is 3.13. The number of esters is 1. The lowest BCUT2D eigenvalue weighted by Crippen LogP contribution is -2.26. The number of nitrogens with one attached hydrogen (secondary N) is 1. The lowest BCUT2D eigenvalue weighted by molar-refractivity contribution is 0.0590. The lowest BCUT2D eigenvalue weighted by atomic mass is 10.4. The van der Waals surface area contributed by atoms with Crippen molar-refractivity contribution in [3.05, 3.63) is 23.6 Å². The first kappa shape index (κ1) is 15.5. The van der Waals surface area contributed by atoms with Crippen molar-refractivity contribution >= 4 is 27.3 Å². The molecule has 0 unspecified atom stereocenters. The second kappa shape index (κ2) is 6.74. The molecule has 2 heterocycles. The number of thiazole rings is 1. The van der Waals surface area contributed by atoms with Gasteiger partial charge in [-0.15, -0.1) is 16.4 Å². The van der Waals surface area contributed by atoms with Crippen LogP contribution >= 0.6 is 11.3 Å². The van der Waals surface area contributed by atoms with E-state index in [4.69, 9.17) is 0 Å². The summed E-state index contributed by atoms with van der Waals surface area (Å²) in [6.45, 7) is 0.746. The van der Waals surface area contributed by atoms with Gasteiger partial charge >= 0.3 is 5.97 Å². The van der Waals surface area contributed by atoms with E-state index in [1.807, 2.05) is 0 Å². The maximum atomic E-state index is 12.1. The molecule has 0 saturated heterocycles. The minimum atomic E-state index is -3.78. The van der Waals surface area contributed by atoms with Gasteiger partial charge in [0.15, 0.2) is 9.90 Å². The van der Waals surface area contributed by atoms with Crippen molar-refractivity contribution in [1.82, 2.24) is 24.7 Å². The molecule has 0 aliphatic carbocycles. The van der Waals surface area contributed by atoms with Gasteiger partial charge in [0.25, 0.3) is 10.0 Å². The Morgan fingerprint density at radius 3 is 3.00 bits per heavy atom. The molecule has 0 amide bonds. The second-order valence-corrected chi connectivity index (χ2v) is 6.71. The smallest absolute Gasteiger partial charge is 0.358 e. The first-order valence-corrected chi connectivity index (χ1v) is 8.26. The predicted molar refractivity (Wildman–Crippen MR) is 73.3 cm³/mol. The number of hydrogen-bond donors (Lipinski definition) is 1. The fourth-order valence-electron chi connectivity index (χ4n) is 1.52. The van der Waals surface area contributed by atoms with Crippen LogP contribution in [0.4, 0.5) is 0 Å². The Labute approximate surface area is 125 Å². The molecular weight excluding hydrogens is 318 g/mol. The van der Waals surface area contributed by atoms with Crippen molar-refractivity contribution < 1.29 is 17.9 Å². The molecule has 2 rings (SSSR count). The molecule has 0 bridgehead atoms. The van der Waals surface area contributed by atoms with Crippen molar-refractivity contribution in [1.29, 1.82) is 0 Å². The van der Waals surface area contributed by atoms with E-state index in [9.17, 15) is 13.2 Å². The number of ether oxygens (including phenoxy) is 1. The zero-order valence-corrected chi connectivity index (χ0v) is 12.7. The van der Waals surface area contributed by atoms with Gasteiger partial charge in [0, 0.05) is 19.3 Å². The molecule has 0 fully saturated rings. The fourth-order valence-corrected chi connectivity index (χ4v) is 3.77. The van der Waals surface area contributed by atoms with E-state index < -0.39 is 16.0 Å². The molecule has 0 aromatic carbocycles. The van der Waals surface area contributed by atoms with E-state index >= 15 is 0 Å². The third-order valence-corrected chi connectivity index (χ3v) is 5.32. The van der Waals surface area contributed by atoms with Crippen LogP contribution in [0.15, 0.2) is 22.1 Å². The molecule has 2 aromatic rings. The SMILES string of the molecule is COC(=O)c1ncsc1S(=O)(=O)NCCCn1ccnn1. The molecule has 2 aromatic heterocycles. The Balaban J connectivity index is 1.95. The molecule has 11 heteroatoms. The standard InChI is InChI=1S/C10H13N5O4S2/c1-19-9(16)8-10(20-7-11-8)21(17,18)13-3-2-5-15-6-4-12-14-15/h4,6-7,13H,2-3,5H2,1H3. The Kier molecular flexibility index (Phi) is 4.98. The Hall–Kier alpha value is -1.85. The van der Waals surface area contributed by atoms with Crippen LogP contribution in [0.2, 0.25) is 0 Å². The van der Waals surface area contributed by atoms with Crippen LogP contribution < -0.4 is 4.72 Å². The van der Waals surface area contributed by atoms with Crippen LogP contribution in [0.1, 0.15) is 16.9 Å². The van der Waals surface area contributed by atoms with Crippen molar-refractivity contribution in [2.24, 2.45) is 0 Å². The van der Waals surface area contributed by atoms with Gasteiger partial charge in [-0.05, 0) is 6.42 Å². The van der Waals surface area contributed by atoms with E-state index in [-0.39, 0.29) is 16.4 Å². The Morgan fingerprint density at radius 2 is 2.33 bits per heavy atom. The summed E-state index contributed by atoms with van der Waals surface area (Å²) in [5.41, 5.74) is 1.09. The normalized spacial score (nSPS) is 11.5. The molecule has 114 valence electrons. The average molecular weight is 331 g/mol. The summed E-state index contributed by atoms with van der Waals surface area (Å²) in [5.74, 6) is -0.778. The second-order valence-electron chi connectivity index (χ2n) is 3.90. The number of rotatable bonds is 7. The van der Waals surface area contributed by atoms with Crippen molar-refractivity contribution in [2.75, 3.05) is 13.7 Å². The highest BCUT2D eigenvalue weighted by Crippen LogP contribution is 2.20. The summed E-state index contributed by atoms with van der Waals surface area (Å²) in [6.07, 6.45) is 3.77. The molecular formula is C10H13N5O4S2. The van der Waals surface area contributed by atoms with Gasteiger partial charge < -0.3 is 4.74 Å². The molecule has 0 spiro atoms. The maximum absolute atomic E-state index is 12.1. The molecule has 0 saturated carbocycles. The monoisotopic (exact) mass is 331 g/mol. The Bertz CT molecular complexity index is 695. The minimum absolute atomic E-state index is 0.143. The molecule has 21 heavy (non-hydrogen) atoms. The summed E-state index contributed by atoms with van der Waals surface area (Å²) >= 11 is 0.866. The molecule has 1 N–H and O–H groups in total. The number of carbonyl (C=O) groups excluding carboxylic acids is 1. The van der Waals surface area contributed by atoms with Crippen molar-refractivity contribution in [2.45, 2.75) is 17.2 Å². The van der Waals surface area contributed by atoms with Gasteiger partial charge in [-0.3, -0.25) is 4.68 Å². The molecule has 0 radical (unpaired) electrons. The van der Waals surface area contributed by atoms with Crippen LogP contribution in [0.5, 0.6) is 0 Å². The predicted octanol–water partition coefficient (Wildman–Crippen LogP) is -0.110. The fraction of sp³-hybridized carbons (Fsp3) is 0.400. The number of methoxy groups -OCH3 is 1. The summed E-state index contributed by atoms with van der Waals surface area (Å²) < 4.78 is 32.6. The zero-order chi connectivity index (χ0) is 15.3. The quantitative estimate of drug-likeness (QED) is 0.556. The highest BCUT2D eigenvalue weighted by molar-refractivity contribution is 7.91. The third-order valence-electron chi connectivity index (χ3n) is 2.49. The summed E-state index contributed by atoms with van der Waals surface area (Å²) in [6, 6.07) is 0. The van der Waals surface area contributed by atoms with E-state index in [0.717, 1.165) is 11.3 Å². The number of carbonyl (C=O) groups is 1. The Morgan fingerprint density at radius 1 is 1.52 bits per heavy atom. The van der Waals surface area contributed by atoms with Gasteiger partial charge in [-0.25, -0.2) is 22.9 Å². The largest absolute Gasteiger partial charge is 0.464 e. The number of aryl methyl sites for hydroxylation is 1. The van der Waals surface area contributed by atoms with Crippen molar-refractivity contribution in [3.63, 3.8) is 0 Å². The van der Waals surface area contributed by atoms with Crippen LogP contribution in [-0.4, -0.2) is 48.0 Å². The highest BCUT2D eigenvalue weighted by atomic mass is 32.2. The van der Waals surface area contributed by atoms with Crippen LogP contribution in [-0.2, 0) is 21.3 Å². The lowest BCUT2D eigenvalue weighted by Gasteiger charge is -2.06. The maximum Gasteiger partial charge on any atom is 0.358 e. The molecule has 0 atom stereocenters. The summed E-state index contributed by atoms with van der Waals surface area (Å²) in [4.78, 5) is 15.2. The number of hydrogen-bond acceptors (Lipinski definition) is 8. The topological polar surface area (TPSA) is 116 Å². The van der Waals surface area contributed by atoms with E-state index in [0.29, 0.717) is 13.0 Å². The van der Waals surface area contributed by atoms with Gasteiger partial charge in [-0.2, -0.15) is 0 Å².